The lowest BCUT2D eigenvalue weighted by atomic mass is 10.2. The number of amides is 2. The van der Waals surface area contributed by atoms with E-state index in [9.17, 15) is 4.79 Å². The number of carbonyl (C=O) groups is 1. The molecule has 1 fully saturated rings. The van der Waals surface area contributed by atoms with Crippen LogP contribution in [0.3, 0.4) is 0 Å². The minimum Gasteiger partial charge on any atom is -0.494 e. The molecule has 1 aromatic rings. The molecule has 0 bridgehead atoms. The molecule has 1 aliphatic heterocycles. The number of rotatable bonds is 3. The first-order valence-corrected chi connectivity index (χ1v) is 7.02. The third kappa shape index (κ3) is 3.87. The van der Waals surface area contributed by atoms with Gasteiger partial charge in [0.25, 0.3) is 0 Å². The summed E-state index contributed by atoms with van der Waals surface area (Å²) in [5, 5.41) is 2.90. The average molecular weight is 278 g/mol. The lowest BCUT2D eigenvalue weighted by molar-refractivity contribution is -0.0530. The molecule has 0 aliphatic carbocycles. The lowest BCUT2D eigenvalue weighted by Crippen LogP contribution is -2.49. The molecule has 1 aliphatic rings. The molecule has 5 heteroatoms. The van der Waals surface area contributed by atoms with Gasteiger partial charge in [-0.15, -0.1) is 0 Å². The highest BCUT2D eigenvalue weighted by Crippen LogP contribution is 2.18. The zero-order valence-electron chi connectivity index (χ0n) is 12.3. The summed E-state index contributed by atoms with van der Waals surface area (Å²) in [4.78, 5) is 14.0. The van der Waals surface area contributed by atoms with Crippen LogP contribution in [0.2, 0.25) is 0 Å². The second-order valence-corrected chi connectivity index (χ2v) is 5.05. The molecule has 20 heavy (non-hydrogen) atoms. The smallest absolute Gasteiger partial charge is 0.322 e. The van der Waals surface area contributed by atoms with Gasteiger partial charge in [0.05, 0.1) is 18.8 Å². The Morgan fingerprint density at radius 3 is 2.75 bits per heavy atom. The summed E-state index contributed by atoms with van der Waals surface area (Å²) in [6, 6.07) is 7.33. The van der Waals surface area contributed by atoms with Crippen LogP contribution < -0.4 is 10.1 Å². The largest absolute Gasteiger partial charge is 0.494 e. The van der Waals surface area contributed by atoms with Gasteiger partial charge in [0.15, 0.2) is 0 Å². The van der Waals surface area contributed by atoms with Crippen molar-refractivity contribution in [3.63, 3.8) is 0 Å². The van der Waals surface area contributed by atoms with Crippen molar-refractivity contribution in [2.24, 2.45) is 0 Å². The van der Waals surface area contributed by atoms with Crippen LogP contribution in [0.5, 0.6) is 5.75 Å². The molecular weight excluding hydrogens is 256 g/mol. The van der Waals surface area contributed by atoms with Crippen LogP contribution in [0.4, 0.5) is 10.5 Å². The number of nitrogens with one attached hydrogen (secondary N) is 1. The predicted molar refractivity (Wildman–Crippen MR) is 78.2 cm³/mol. The highest BCUT2D eigenvalue weighted by molar-refractivity contribution is 5.89. The van der Waals surface area contributed by atoms with Crippen molar-refractivity contribution >= 4 is 11.7 Å². The molecule has 110 valence electrons. The molecule has 0 radical (unpaired) electrons. The number of benzene rings is 1. The van der Waals surface area contributed by atoms with E-state index in [1.807, 2.05) is 45.0 Å². The van der Waals surface area contributed by atoms with Crippen molar-refractivity contribution in [2.75, 3.05) is 25.0 Å². The Bertz CT molecular complexity index is 454. The molecule has 2 rings (SSSR count). The molecule has 0 spiro atoms. The molecule has 2 unspecified atom stereocenters. The van der Waals surface area contributed by atoms with Crippen molar-refractivity contribution in [1.29, 1.82) is 0 Å². The fourth-order valence-corrected chi connectivity index (χ4v) is 2.38. The number of anilines is 1. The zero-order chi connectivity index (χ0) is 14.5. The number of morpholine rings is 1. The molecule has 5 nitrogen and oxygen atoms in total. The molecule has 1 saturated heterocycles. The summed E-state index contributed by atoms with van der Waals surface area (Å²) < 4.78 is 11.0. The number of ether oxygens (including phenoxy) is 2. The minimum atomic E-state index is -0.0966. The number of hydrogen-bond acceptors (Lipinski definition) is 3. The normalized spacial score (nSPS) is 22.4. The van der Waals surface area contributed by atoms with E-state index in [0.717, 1.165) is 11.4 Å². The van der Waals surface area contributed by atoms with Crippen LogP contribution in [-0.2, 0) is 4.74 Å². The highest BCUT2D eigenvalue weighted by Gasteiger charge is 2.25. The number of nitrogens with zero attached hydrogens (tertiary/aromatic N) is 1. The molecule has 1 heterocycles. The third-order valence-electron chi connectivity index (χ3n) is 3.10. The highest BCUT2D eigenvalue weighted by atomic mass is 16.5. The topological polar surface area (TPSA) is 50.8 Å². The van der Waals surface area contributed by atoms with Crippen molar-refractivity contribution in [2.45, 2.75) is 33.0 Å². The maximum Gasteiger partial charge on any atom is 0.322 e. The van der Waals surface area contributed by atoms with E-state index in [1.165, 1.54) is 0 Å². The summed E-state index contributed by atoms with van der Waals surface area (Å²) in [6.45, 7) is 7.72. The lowest BCUT2D eigenvalue weighted by Gasteiger charge is -2.35. The first kappa shape index (κ1) is 14.7. The third-order valence-corrected chi connectivity index (χ3v) is 3.10. The van der Waals surface area contributed by atoms with E-state index in [1.54, 1.807) is 4.90 Å². The molecule has 2 amide bonds. The quantitative estimate of drug-likeness (QED) is 0.925. The van der Waals surface area contributed by atoms with E-state index >= 15 is 0 Å². The maximum atomic E-state index is 12.2. The average Bonchev–Trinajstić information content (AvgIpc) is 2.38. The standard InChI is InChI=1S/C15H22N2O3/c1-4-19-14-7-5-6-13(8-14)16-15(18)17-9-11(2)20-12(3)10-17/h5-8,11-12H,4,9-10H2,1-3H3,(H,16,18). The first-order chi connectivity index (χ1) is 9.58. The Morgan fingerprint density at radius 2 is 2.10 bits per heavy atom. The van der Waals surface area contributed by atoms with Crippen molar-refractivity contribution in [1.82, 2.24) is 4.90 Å². The van der Waals surface area contributed by atoms with Gasteiger partial charge in [-0.1, -0.05) is 6.07 Å². The van der Waals surface area contributed by atoms with Gasteiger partial charge in [0.2, 0.25) is 0 Å². The van der Waals surface area contributed by atoms with Crippen LogP contribution in [0.25, 0.3) is 0 Å². The van der Waals surface area contributed by atoms with E-state index in [4.69, 9.17) is 9.47 Å². The van der Waals surface area contributed by atoms with Gasteiger partial charge in [-0.2, -0.15) is 0 Å². The molecule has 1 N–H and O–H groups in total. The molecule has 0 saturated carbocycles. The summed E-state index contributed by atoms with van der Waals surface area (Å²) in [6.07, 6.45) is 0.138. The van der Waals surface area contributed by atoms with E-state index in [2.05, 4.69) is 5.32 Å². The maximum absolute atomic E-state index is 12.2. The zero-order valence-corrected chi connectivity index (χ0v) is 12.3. The van der Waals surface area contributed by atoms with Gasteiger partial charge in [-0.05, 0) is 32.9 Å². The van der Waals surface area contributed by atoms with E-state index < -0.39 is 0 Å². The molecular formula is C15H22N2O3. The van der Waals surface area contributed by atoms with Crippen LogP contribution in [0.15, 0.2) is 24.3 Å². The monoisotopic (exact) mass is 278 g/mol. The SMILES string of the molecule is CCOc1cccc(NC(=O)N2CC(C)OC(C)C2)c1. The van der Waals surface area contributed by atoms with Crippen molar-refractivity contribution in [3.8, 4) is 5.75 Å². The van der Waals surface area contributed by atoms with Gasteiger partial charge < -0.3 is 19.7 Å². The summed E-state index contributed by atoms with van der Waals surface area (Å²) in [7, 11) is 0. The van der Waals surface area contributed by atoms with Gasteiger partial charge in [-0.3, -0.25) is 0 Å². The second kappa shape index (κ2) is 6.61. The van der Waals surface area contributed by atoms with Crippen LogP contribution in [0, 0.1) is 0 Å². The van der Waals surface area contributed by atoms with E-state index in [-0.39, 0.29) is 18.2 Å². The molecule has 1 aromatic carbocycles. The Hall–Kier alpha value is -1.75. The fraction of sp³-hybridized carbons (Fsp3) is 0.533. The number of carbonyl (C=O) groups excluding carboxylic acids is 1. The Kier molecular flexibility index (Phi) is 4.84. The van der Waals surface area contributed by atoms with Crippen molar-refractivity contribution in [3.05, 3.63) is 24.3 Å². The van der Waals surface area contributed by atoms with Gasteiger partial charge >= 0.3 is 6.03 Å². The Labute approximate surface area is 119 Å². The van der Waals surface area contributed by atoms with Crippen LogP contribution >= 0.6 is 0 Å². The number of hydrogen-bond donors (Lipinski definition) is 1. The van der Waals surface area contributed by atoms with Crippen molar-refractivity contribution < 1.29 is 14.3 Å². The molecule has 0 aromatic heterocycles. The summed E-state index contributed by atoms with van der Waals surface area (Å²) >= 11 is 0. The summed E-state index contributed by atoms with van der Waals surface area (Å²) in [5.74, 6) is 0.758. The Balaban J connectivity index is 1.98. The fourth-order valence-electron chi connectivity index (χ4n) is 2.38. The predicted octanol–water partition coefficient (Wildman–Crippen LogP) is 2.73. The van der Waals surface area contributed by atoms with E-state index in [0.29, 0.717) is 19.7 Å². The molecule has 2 atom stereocenters. The Morgan fingerprint density at radius 1 is 1.40 bits per heavy atom. The van der Waals surface area contributed by atoms with Gasteiger partial charge in [0.1, 0.15) is 5.75 Å². The minimum absolute atomic E-state index is 0.0688. The van der Waals surface area contributed by atoms with Gasteiger partial charge in [0, 0.05) is 24.8 Å². The summed E-state index contributed by atoms with van der Waals surface area (Å²) in [5.41, 5.74) is 0.743. The first-order valence-electron chi connectivity index (χ1n) is 7.02. The number of urea groups is 1. The van der Waals surface area contributed by atoms with Crippen LogP contribution in [-0.4, -0.2) is 42.8 Å². The van der Waals surface area contributed by atoms with Gasteiger partial charge in [-0.25, -0.2) is 4.79 Å². The second-order valence-electron chi connectivity index (χ2n) is 5.05. The van der Waals surface area contributed by atoms with Crippen LogP contribution in [0.1, 0.15) is 20.8 Å².